The Balaban J connectivity index is 2.15. The molecule has 2 N–H and O–H groups in total. The van der Waals surface area contributed by atoms with Gasteiger partial charge >= 0.3 is 5.97 Å². The van der Waals surface area contributed by atoms with E-state index in [2.05, 4.69) is 4.72 Å². The van der Waals surface area contributed by atoms with Gasteiger partial charge in [-0.15, -0.1) is 0 Å². The molecule has 22 heavy (non-hydrogen) atoms. The zero-order valence-corrected chi connectivity index (χ0v) is 12.6. The van der Waals surface area contributed by atoms with Crippen LogP contribution in [0.15, 0.2) is 53.4 Å². The van der Waals surface area contributed by atoms with Crippen LogP contribution in [0, 0.1) is 0 Å². The number of aliphatic carboxylic acids is 1. The molecule has 7 heteroatoms. The molecule has 2 aromatic rings. The lowest BCUT2D eigenvalue weighted by Crippen LogP contribution is -2.13. The zero-order chi connectivity index (χ0) is 16.2. The first-order valence-corrected chi connectivity index (χ1v) is 7.86. The van der Waals surface area contributed by atoms with E-state index in [0.29, 0.717) is 17.0 Å². The normalized spacial score (nSPS) is 11.0. The number of nitrogens with one attached hydrogen (secondary N) is 1. The van der Waals surface area contributed by atoms with Crippen molar-refractivity contribution in [3.63, 3.8) is 0 Å². The number of benzene rings is 2. The molecule has 0 unspecified atom stereocenters. The van der Waals surface area contributed by atoms with Crippen LogP contribution >= 0.6 is 0 Å². The predicted octanol–water partition coefficient (Wildman–Crippen LogP) is 2.12. The summed E-state index contributed by atoms with van der Waals surface area (Å²) in [7, 11) is -2.20. The van der Waals surface area contributed by atoms with E-state index < -0.39 is 16.0 Å². The molecule has 116 valence electrons. The highest BCUT2D eigenvalue weighted by atomic mass is 32.2. The first-order chi connectivity index (χ1) is 10.4. The van der Waals surface area contributed by atoms with Crippen LogP contribution in [0.1, 0.15) is 5.56 Å². The van der Waals surface area contributed by atoms with Gasteiger partial charge in [0.15, 0.2) is 0 Å². The highest BCUT2D eigenvalue weighted by Gasteiger charge is 2.14. The van der Waals surface area contributed by atoms with E-state index in [1.54, 1.807) is 24.3 Å². The number of carboxylic acid groups (broad SMARTS) is 1. The fourth-order valence-corrected chi connectivity index (χ4v) is 2.89. The van der Waals surface area contributed by atoms with E-state index >= 15 is 0 Å². The minimum absolute atomic E-state index is 0.106. The molecule has 0 radical (unpaired) electrons. The van der Waals surface area contributed by atoms with Crippen LogP contribution in [0.3, 0.4) is 0 Å². The van der Waals surface area contributed by atoms with Crippen molar-refractivity contribution in [1.29, 1.82) is 0 Å². The van der Waals surface area contributed by atoms with Crippen molar-refractivity contribution in [3.8, 4) is 5.75 Å². The molecule has 0 heterocycles. The Kier molecular flexibility index (Phi) is 4.67. The molecule has 0 aliphatic carbocycles. The maximum Gasteiger partial charge on any atom is 0.307 e. The number of methoxy groups -OCH3 is 1. The van der Waals surface area contributed by atoms with Crippen molar-refractivity contribution in [2.24, 2.45) is 0 Å². The van der Waals surface area contributed by atoms with Crippen molar-refractivity contribution in [2.45, 2.75) is 11.3 Å². The van der Waals surface area contributed by atoms with Crippen LogP contribution in [0.2, 0.25) is 0 Å². The minimum Gasteiger partial charge on any atom is -0.497 e. The summed E-state index contributed by atoms with van der Waals surface area (Å²) in [6.45, 7) is 0. The number of sulfonamides is 1. The molecule has 2 rings (SSSR count). The molecule has 6 nitrogen and oxygen atoms in total. The number of hydrogen-bond acceptors (Lipinski definition) is 4. The Morgan fingerprint density at radius 2 is 1.68 bits per heavy atom. The quantitative estimate of drug-likeness (QED) is 0.850. The number of ether oxygens (including phenoxy) is 1. The van der Waals surface area contributed by atoms with Gasteiger partial charge in [0.05, 0.1) is 18.4 Å². The standard InChI is InChI=1S/C15H15NO5S/c1-21-13-6-8-14(9-7-13)22(19,20)16-12-4-2-11(3-5-12)10-15(17)18/h2-9,16H,10H2,1H3,(H,17,18). The van der Waals surface area contributed by atoms with Gasteiger partial charge in [-0.3, -0.25) is 9.52 Å². The van der Waals surface area contributed by atoms with Gasteiger partial charge < -0.3 is 9.84 Å². The maximum absolute atomic E-state index is 12.2. The molecule has 0 aliphatic heterocycles. The second kappa shape index (κ2) is 6.48. The summed E-state index contributed by atoms with van der Waals surface area (Å²) in [4.78, 5) is 10.7. The molecule has 0 aromatic heterocycles. The van der Waals surface area contributed by atoms with Gasteiger partial charge in [-0.1, -0.05) is 12.1 Å². The lowest BCUT2D eigenvalue weighted by molar-refractivity contribution is -0.136. The smallest absolute Gasteiger partial charge is 0.307 e. The summed E-state index contributed by atoms with van der Waals surface area (Å²) in [6, 6.07) is 12.2. The van der Waals surface area contributed by atoms with E-state index in [1.165, 1.54) is 31.4 Å². The highest BCUT2D eigenvalue weighted by Crippen LogP contribution is 2.19. The van der Waals surface area contributed by atoms with Gasteiger partial charge in [-0.05, 0) is 42.0 Å². The first kappa shape index (κ1) is 15.8. The summed E-state index contributed by atoms with van der Waals surface area (Å²) < 4.78 is 31.9. The van der Waals surface area contributed by atoms with Crippen LogP contribution in [0.5, 0.6) is 5.75 Å². The Morgan fingerprint density at radius 3 is 2.18 bits per heavy atom. The Labute approximate surface area is 128 Å². The monoisotopic (exact) mass is 321 g/mol. The predicted molar refractivity (Wildman–Crippen MR) is 81.6 cm³/mol. The van der Waals surface area contributed by atoms with Crippen molar-refractivity contribution in [3.05, 3.63) is 54.1 Å². The summed E-state index contributed by atoms with van der Waals surface area (Å²) in [5.41, 5.74) is 0.963. The fraction of sp³-hybridized carbons (Fsp3) is 0.133. The first-order valence-electron chi connectivity index (χ1n) is 6.38. The van der Waals surface area contributed by atoms with Gasteiger partial charge in [0, 0.05) is 5.69 Å². The van der Waals surface area contributed by atoms with Crippen LogP contribution in [-0.2, 0) is 21.2 Å². The third-order valence-electron chi connectivity index (χ3n) is 2.93. The third kappa shape index (κ3) is 3.98. The number of carboxylic acids is 1. The second-order valence-corrected chi connectivity index (χ2v) is 6.23. The summed E-state index contributed by atoms with van der Waals surface area (Å²) in [6.07, 6.45) is -0.106. The molecule has 0 amide bonds. The molecule has 0 saturated carbocycles. The third-order valence-corrected chi connectivity index (χ3v) is 4.33. The summed E-state index contributed by atoms with van der Waals surface area (Å²) >= 11 is 0. The van der Waals surface area contributed by atoms with E-state index in [4.69, 9.17) is 9.84 Å². The van der Waals surface area contributed by atoms with Gasteiger partial charge in [-0.2, -0.15) is 0 Å². The molecule has 0 aliphatic rings. The SMILES string of the molecule is COc1ccc(S(=O)(=O)Nc2ccc(CC(=O)O)cc2)cc1. The average molecular weight is 321 g/mol. The molecule has 0 fully saturated rings. The van der Waals surface area contributed by atoms with Crippen molar-refractivity contribution >= 4 is 21.7 Å². The summed E-state index contributed by atoms with van der Waals surface area (Å²) in [5.74, 6) is -0.372. The second-order valence-electron chi connectivity index (χ2n) is 4.55. The van der Waals surface area contributed by atoms with Gasteiger partial charge in [-0.25, -0.2) is 8.42 Å². The number of carbonyl (C=O) groups is 1. The minimum atomic E-state index is -3.70. The van der Waals surface area contributed by atoms with Crippen molar-refractivity contribution in [2.75, 3.05) is 11.8 Å². The van der Waals surface area contributed by atoms with E-state index in [-0.39, 0.29) is 11.3 Å². The number of hydrogen-bond donors (Lipinski definition) is 2. The maximum atomic E-state index is 12.2. The molecule has 0 atom stereocenters. The molecule has 0 spiro atoms. The summed E-state index contributed by atoms with van der Waals surface area (Å²) in [5, 5.41) is 8.69. The van der Waals surface area contributed by atoms with Crippen LogP contribution in [-0.4, -0.2) is 26.6 Å². The molecular formula is C15H15NO5S. The van der Waals surface area contributed by atoms with Gasteiger partial charge in [0.25, 0.3) is 10.0 Å². The van der Waals surface area contributed by atoms with E-state index in [9.17, 15) is 13.2 Å². The van der Waals surface area contributed by atoms with Crippen molar-refractivity contribution in [1.82, 2.24) is 0 Å². The van der Waals surface area contributed by atoms with Gasteiger partial charge in [0.1, 0.15) is 5.75 Å². The van der Waals surface area contributed by atoms with E-state index in [1.807, 2.05) is 0 Å². The Morgan fingerprint density at radius 1 is 1.09 bits per heavy atom. The highest BCUT2D eigenvalue weighted by molar-refractivity contribution is 7.92. The molecular weight excluding hydrogens is 306 g/mol. The molecule has 2 aromatic carbocycles. The fourth-order valence-electron chi connectivity index (χ4n) is 1.83. The largest absolute Gasteiger partial charge is 0.497 e. The van der Waals surface area contributed by atoms with E-state index in [0.717, 1.165) is 0 Å². The van der Waals surface area contributed by atoms with Crippen LogP contribution in [0.4, 0.5) is 5.69 Å². The molecule has 0 saturated heterocycles. The number of anilines is 1. The zero-order valence-electron chi connectivity index (χ0n) is 11.8. The topological polar surface area (TPSA) is 92.7 Å². The lowest BCUT2D eigenvalue weighted by Gasteiger charge is -2.09. The Bertz CT molecular complexity index is 752. The number of rotatable bonds is 6. The molecule has 0 bridgehead atoms. The van der Waals surface area contributed by atoms with Crippen LogP contribution < -0.4 is 9.46 Å². The lowest BCUT2D eigenvalue weighted by atomic mass is 10.1. The van der Waals surface area contributed by atoms with Crippen LogP contribution in [0.25, 0.3) is 0 Å². The van der Waals surface area contributed by atoms with Gasteiger partial charge in [0.2, 0.25) is 0 Å². The average Bonchev–Trinajstić information content (AvgIpc) is 2.48. The Hall–Kier alpha value is -2.54. The van der Waals surface area contributed by atoms with Crippen molar-refractivity contribution < 1.29 is 23.1 Å².